The molecule has 2 aliphatic heterocycles. The molecule has 1 aliphatic carbocycles. The van der Waals surface area contributed by atoms with Crippen LogP contribution in [0.25, 0.3) is 0 Å². The number of nitrogens with zero attached hydrogens (tertiary/aromatic N) is 1. The van der Waals surface area contributed by atoms with Gasteiger partial charge in [0.1, 0.15) is 30.1 Å². The van der Waals surface area contributed by atoms with E-state index in [9.17, 15) is 24.1 Å². The molecule has 1 aromatic carbocycles. The zero-order valence-electron chi connectivity index (χ0n) is 23.0. The summed E-state index contributed by atoms with van der Waals surface area (Å²) in [6.45, 7) is 1.77. The summed E-state index contributed by atoms with van der Waals surface area (Å²) in [6, 6.07) is 4.27. The van der Waals surface area contributed by atoms with E-state index in [1.807, 2.05) is 4.98 Å². The smallest absolute Gasteiger partial charge is 0.459 e. The van der Waals surface area contributed by atoms with Gasteiger partial charge in [-0.15, -0.1) is 0 Å². The van der Waals surface area contributed by atoms with Crippen LogP contribution in [0, 0.1) is 0 Å². The quantitative estimate of drug-likeness (QED) is 0.264. The average Bonchev–Trinajstić information content (AvgIpc) is 3.50. The number of H-pyrrole nitrogens is 1. The number of alkyl halides is 1. The summed E-state index contributed by atoms with van der Waals surface area (Å²) >= 11 is 0. The topological polar surface area (TPSA) is 177 Å². The lowest BCUT2D eigenvalue weighted by Crippen LogP contribution is -2.44. The van der Waals surface area contributed by atoms with Crippen LogP contribution in [0.4, 0.5) is 4.39 Å². The molecule has 2 fully saturated rings. The third kappa shape index (κ3) is 6.55. The number of hydrogen-bond donors (Lipinski definition) is 3. The van der Waals surface area contributed by atoms with Crippen molar-refractivity contribution in [1.29, 1.82) is 0 Å². The summed E-state index contributed by atoms with van der Waals surface area (Å²) in [5, 5.41) is 13.3. The average molecular weight is 614 g/mol. The van der Waals surface area contributed by atoms with Crippen molar-refractivity contribution in [3.8, 4) is 17.2 Å². The fourth-order valence-electron chi connectivity index (χ4n) is 5.04. The molecule has 2 aromatic rings. The van der Waals surface area contributed by atoms with Crippen LogP contribution < -0.4 is 30.3 Å². The number of nitrogens with one attached hydrogen (secondary N) is 2. The van der Waals surface area contributed by atoms with E-state index in [2.05, 4.69) is 5.09 Å². The SMILES string of the molecule is C[C@H](N[P@](=O)(OC[C@H]1O[C@@H](n2ccc(=O)[nH]c2=O)[C@](C)(F)[C@@H]1O)Oc1ccc2c(c1)OCO2)C(=O)OC1CCCCC1. The Bertz CT molecular complexity index is 1460. The first-order valence-electron chi connectivity index (χ1n) is 13.6. The van der Waals surface area contributed by atoms with Gasteiger partial charge in [-0.2, -0.15) is 5.09 Å². The zero-order chi connectivity index (χ0) is 30.1. The van der Waals surface area contributed by atoms with Gasteiger partial charge in [-0.05, 0) is 51.7 Å². The third-order valence-corrected chi connectivity index (χ3v) is 8.98. The van der Waals surface area contributed by atoms with E-state index >= 15 is 4.39 Å². The molecule has 1 saturated carbocycles. The standard InChI is InChI=1S/C26H33FN3O11P/c1-15(23(33)39-16-6-4-3-5-7-16)29-42(35,41-17-8-9-18-19(12-17)37-14-36-18)38-13-20-22(32)26(2,27)24(40-20)30-11-10-21(31)28-25(30)34/h8-12,15-16,20,22,24,32H,3-7,13-14H2,1-2H3,(H,29,35)(H,28,31,34)/t15-,20+,22+,24+,26+,42-/m0/s1. The number of aliphatic hydroxyl groups excluding tert-OH is 1. The largest absolute Gasteiger partial charge is 0.461 e. The number of benzene rings is 1. The van der Waals surface area contributed by atoms with E-state index in [0.29, 0.717) is 11.5 Å². The van der Waals surface area contributed by atoms with Crippen LogP contribution in [0.15, 0.2) is 40.1 Å². The molecule has 3 heterocycles. The monoisotopic (exact) mass is 613 g/mol. The number of ether oxygens (including phenoxy) is 4. The molecule has 230 valence electrons. The fourth-order valence-corrected chi connectivity index (χ4v) is 6.53. The molecule has 0 bridgehead atoms. The number of aromatic amines is 1. The third-order valence-electron chi connectivity index (χ3n) is 7.34. The van der Waals surface area contributed by atoms with Crippen LogP contribution >= 0.6 is 7.75 Å². The Morgan fingerprint density at radius 2 is 1.98 bits per heavy atom. The van der Waals surface area contributed by atoms with Crippen LogP contribution in [0.1, 0.15) is 52.2 Å². The summed E-state index contributed by atoms with van der Waals surface area (Å²) in [5.41, 5.74) is -4.16. The molecular formula is C26H33FN3O11P. The number of fused-ring (bicyclic) bond motifs is 1. The Kier molecular flexibility index (Phi) is 8.76. The van der Waals surface area contributed by atoms with Gasteiger partial charge in [0.05, 0.1) is 6.61 Å². The Hall–Kier alpha value is -3.23. The van der Waals surface area contributed by atoms with Gasteiger partial charge in [0.25, 0.3) is 5.56 Å². The van der Waals surface area contributed by atoms with E-state index in [4.69, 9.17) is 28.0 Å². The van der Waals surface area contributed by atoms with E-state index in [0.717, 1.165) is 55.9 Å². The Morgan fingerprint density at radius 3 is 2.71 bits per heavy atom. The van der Waals surface area contributed by atoms with Crippen LogP contribution in [-0.4, -0.2) is 64.0 Å². The molecule has 16 heteroatoms. The molecule has 0 unspecified atom stereocenters. The minimum absolute atomic E-state index is 0.00625. The number of aliphatic hydroxyl groups is 1. The van der Waals surface area contributed by atoms with Gasteiger partial charge >= 0.3 is 19.4 Å². The number of rotatable bonds is 10. The molecule has 0 spiro atoms. The molecular weight excluding hydrogens is 580 g/mol. The summed E-state index contributed by atoms with van der Waals surface area (Å²) in [5.74, 6) is 0.166. The highest BCUT2D eigenvalue weighted by molar-refractivity contribution is 7.52. The van der Waals surface area contributed by atoms with Crippen LogP contribution in [0.5, 0.6) is 17.2 Å². The number of carbonyl (C=O) groups excluding carboxylic acids is 1. The number of halogens is 1. The summed E-state index contributed by atoms with van der Waals surface area (Å²) in [7, 11) is -4.43. The Labute approximate surface area is 239 Å². The molecule has 3 N–H and O–H groups in total. The minimum atomic E-state index is -4.43. The number of carbonyl (C=O) groups is 1. The highest BCUT2D eigenvalue weighted by atomic mass is 31.2. The van der Waals surface area contributed by atoms with Crippen molar-refractivity contribution in [2.45, 2.75) is 82.2 Å². The minimum Gasteiger partial charge on any atom is -0.461 e. The van der Waals surface area contributed by atoms with Crippen LogP contribution in [0.2, 0.25) is 0 Å². The van der Waals surface area contributed by atoms with E-state index in [1.165, 1.54) is 25.1 Å². The molecule has 0 amide bonds. The Balaban J connectivity index is 1.33. The lowest BCUT2D eigenvalue weighted by molar-refractivity contribution is -0.152. The first-order valence-corrected chi connectivity index (χ1v) is 15.2. The van der Waals surface area contributed by atoms with Gasteiger partial charge in [-0.3, -0.25) is 23.7 Å². The number of hydrogen-bond acceptors (Lipinski definition) is 11. The van der Waals surface area contributed by atoms with Gasteiger partial charge in [0, 0.05) is 18.3 Å². The highest BCUT2D eigenvalue weighted by Gasteiger charge is 2.56. The van der Waals surface area contributed by atoms with Crippen molar-refractivity contribution in [1.82, 2.24) is 14.6 Å². The predicted octanol–water partition coefficient (Wildman–Crippen LogP) is 2.31. The Morgan fingerprint density at radius 1 is 1.24 bits per heavy atom. The van der Waals surface area contributed by atoms with E-state index < -0.39 is 61.7 Å². The molecule has 14 nitrogen and oxygen atoms in total. The second-order valence-corrected chi connectivity index (χ2v) is 12.3. The molecule has 0 radical (unpaired) electrons. The summed E-state index contributed by atoms with van der Waals surface area (Å²) in [6.07, 6.45) is 0.305. The highest BCUT2D eigenvalue weighted by Crippen LogP contribution is 2.49. The van der Waals surface area contributed by atoms with Crippen molar-refractivity contribution in [3.63, 3.8) is 0 Å². The normalized spacial score (nSPS) is 27.8. The van der Waals surface area contributed by atoms with Gasteiger partial charge in [-0.1, -0.05) is 6.42 Å². The summed E-state index contributed by atoms with van der Waals surface area (Å²) in [4.78, 5) is 38.5. The van der Waals surface area contributed by atoms with E-state index in [-0.39, 0.29) is 18.6 Å². The summed E-state index contributed by atoms with van der Waals surface area (Å²) < 4.78 is 63.5. The van der Waals surface area contributed by atoms with Crippen molar-refractivity contribution in [2.75, 3.05) is 13.4 Å². The van der Waals surface area contributed by atoms with Crippen molar-refractivity contribution < 1.29 is 46.9 Å². The molecule has 3 aliphatic rings. The van der Waals surface area contributed by atoms with E-state index in [1.54, 1.807) is 0 Å². The number of esters is 1. The zero-order valence-corrected chi connectivity index (χ0v) is 23.9. The number of aromatic nitrogens is 2. The maximum atomic E-state index is 15.6. The maximum Gasteiger partial charge on any atom is 0.459 e. The predicted molar refractivity (Wildman–Crippen MR) is 143 cm³/mol. The van der Waals surface area contributed by atoms with Gasteiger partial charge in [-0.25, -0.2) is 13.8 Å². The fraction of sp³-hybridized carbons (Fsp3) is 0.577. The molecule has 42 heavy (non-hydrogen) atoms. The molecule has 1 aromatic heterocycles. The second kappa shape index (κ2) is 12.2. The van der Waals surface area contributed by atoms with Crippen LogP contribution in [-0.2, 0) is 23.4 Å². The molecule has 1 saturated heterocycles. The van der Waals surface area contributed by atoms with Crippen molar-refractivity contribution >= 4 is 13.7 Å². The first-order chi connectivity index (χ1) is 19.9. The maximum absolute atomic E-state index is 15.6. The van der Waals surface area contributed by atoms with Crippen molar-refractivity contribution in [3.05, 3.63) is 51.3 Å². The van der Waals surface area contributed by atoms with Crippen LogP contribution in [0.3, 0.4) is 0 Å². The van der Waals surface area contributed by atoms with Gasteiger partial charge in [0.2, 0.25) is 6.79 Å². The first kappa shape index (κ1) is 30.2. The second-order valence-electron chi connectivity index (χ2n) is 10.6. The molecule has 6 atom stereocenters. The van der Waals surface area contributed by atoms with Gasteiger partial charge < -0.3 is 28.6 Å². The lowest BCUT2D eigenvalue weighted by atomic mass is 9.98. The van der Waals surface area contributed by atoms with Crippen molar-refractivity contribution in [2.24, 2.45) is 0 Å². The molecule has 5 rings (SSSR count). The lowest BCUT2D eigenvalue weighted by Gasteiger charge is -2.27. The van der Waals surface area contributed by atoms with Gasteiger partial charge in [0.15, 0.2) is 23.4 Å².